The van der Waals surface area contributed by atoms with Crippen molar-refractivity contribution in [2.24, 2.45) is 13.0 Å². The van der Waals surface area contributed by atoms with Crippen LogP contribution in [0.1, 0.15) is 17.4 Å². The summed E-state index contributed by atoms with van der Waals surface area (Å²) < 4.78 is 6.22. The van der Waals surface area contributed by atoms with Gasteiger partial charge in [-0.3, -0.25) is 19.7 Å². The highest BCUT2D eigenvalue weighted by Gasteiger charge is 2.15. The quantitative estimate of drug-likeness (QED) is 0.787. The molecule has 0 aliphatic heterocycles. The summed E-state index contributed by atoms with van der Waals surface area (Å²) in [5.41, 5.74) is 0.422. The van der Waals surface area contributed by atoms with E-state index in [4.69, 9.17) is 0 Å². The fraction of sp³-hybridized carbons (Fsp3) is 0.462. The number of thioether (sulfide) groups is 1. The summed E-state index contributed by atoms with van der Waals surface area (Å²) in [6.07, 6.45) is 1.73. The summed E-state index contributed by atoms with van der Waals surface area (Å²) >= 11 is 1.28. The van der Waals surface area contributed by atoms with E-state index in [1.807, 2.05) is 0 Å². The second kappa shape index (κ2) is 7.74. The molecule has 1 unspecified atom stereocenters. The summed E-state index contributed by atoms with van der Waals surface area (Å²) in [6, 6.07) is 3.36. The number of hydrogen-bond acceptors (Lipinski definition) is 5. The summed E-state index contributed by atoms with van der Waals surface area (Å²) in [5, 5.41) is 2.30. The number of hydrogen-bond donors (Lipinski definition) is 1. The average Bonchev–Trinajstić information content (AvgIpc) is 2.83. The number of rotatable bonds is 6. The first-order valence-corrected chi connectivity index (χ1v) is 7.22. The van der Waals surface area contributed by atoms with Gasteiger partial charge >= 0.3 is 5.97 Å². The molecule has 0 radical (unpaired) electrons. The lowest BCUT2D eigenvalue weighted by molar-refractivity contribution is -0.144. The number of esters is 1. The average molecular weight is 298 g/mol. The van der Waals surface area contributed by atoms with E-state index in [-0.39, 0.29) is 23.5 Å². The van der Waals surface area contributed by atoms with Crippen LogP contribution in [0.15, 0.2) is 18.3 Å². The van der Waals surface area contributed by atoms with Gasteiger partial charge in [-0.2, -0.15) is 11.8 Å². The van der Waals surface area contributed by atoms with Gasteiger partial charge in [0.15, 0.2) is 0 Å². The summed E-state index contributed by atoms with van der Waals surface area (Å²) in [4.78, 5) is 34.5. The molecular formula is C13H18N2O4S. The Kier molecular flexibility index (Phi) is 6.30. The number of methoxy groups -OCH3 is 1. The topological polar surface area (TPSA) is 77.4 Å². The molecule has 1 heterocycles. The highest BCUT2D eigenvalue weighted by Crippen LogP contribution is 2.09. The standard InChI is InChI=1S/C13H18N2O4S/c1-9(13(18)19-3)7-20-8-11(16)14-12(17)10-5-4-6-15(10)2/h4-6,9H,7-8H2,1-3H3,(H,14,16,17). The van der Waals surface area contributed by atoms with Crippen LogP contribution in [0.4, 0.5) is 0 Å². The third-order valence-corrected chi connectivity index (χ3v) is 3.84. The molecule has 0 fully saturated rings. The zero-order valence-electron chi connectivity index (χ0n) is 11.7. The lowest BCUT2D eigenvalue weighted by Gasteiger charge is -2.08. The van der Waals surface area contributed by atoms with Crippen LogP contribution in [0.2, 0.25) is 0 Å². The summed E-state index contributed by atoms with van der Waals surface area (Å²) in [6.45, 7) is 1.73. The number of aryl methyl sites for hydroxylation is 1. The summed E-state index contributed by atoms with van der Waals surface area (Å²) in [5.74, 6) is -0.794. The zero-order valence-corrected chi connectivity index (χ0v) is 12.5. The highest BCUT2D eigenvalue weighted by atomic mass is 32.2. The lowest BCUT2D eigenvalue weighted by Crippen LogP contribution is -2.33. The molecule has 0 aromatic carbocycles. The molecule has 20 heavy (non-hydrogen) atoms. The molecule has 1 rings (SSSR count). The minimum atomic E-state index is -0.427. The minimum absolute atomic E-state index is 0.123. The maximum atomic E-state index is 11.8. The number of imide groups is 1. The van der Waals surface area contributed by atoms with Crippen molar-refractivity contribution in [2.45, 2.75) is 6.92 Å². The minimum Gasteiger partial charge on any atom is -0.469 e. The Labute approximate surface area is 121 Å². The third kappa shape index (κ3) is 4.73. The van der Waals surface area contributed by atoms with Crippen LogP contribution in [0.3, 0.4) is 0 Å². The van der Waals surface area contributed by atoms with E-state index in [0.29, 0.717) is 11.4 Å². The number of nitrogens with zero attached hydrogens (tertiary/aromatic N) is 1. The van der Waals surface area contributed by atoms with Crippen molar-refractivity contribution in [1.29, 1.82) is 0 Å². The molecule has 0 aliphatic carbocycles. The van der Waals surface area contributed by atoms with Crippen molar-refractivity contribution in [2.75, 3.05) is 18.6 Å². The van der Waals surface area contributed by atoms with Crippen molar-refractivity contribution in [3.8, 4) is 0 Å². The molecule has 0 saturated heterocycles. The first-order valence-electron chi connectivity index (χ1n) is 6.06. The number of carbonyl (C=O) groups excluding carboxylic acids is 3. The number of amides is 2. The third-order valence-electron chi connectivity index (χ3n) is 2.63. The van der Waals surface area contributed by atoms with Gasteiger partial charge in [0, 0.05) is 19.0 Å². The van der Waals surface area contributed by atoms with Crippen LogP contribution in [0, 0.1) is 5.92 Å². The Hall–Kier alpha value is -1.76. The molecule has 0 bridgehead atoms. The maximum Gasteiger partial charge on any atom is 0.309 e. The molecule has 7 heteroatoms. The predicted molar refractivity (Wildman–Crippen MR) is 76.4 cm³/mol. The second-order valence-corrected chi connectivity index (χ2v) is 5.35. The first-order chi connectivity index (χ1) is 9.45. The van der Waals surface area contributed by atoms with Crippen molar-refractivity contribution in [3.63, 3.8) is 0 Å². The monoisotopic (exact) mass is 298 g/mol. The van der Waals surface area contributed by atoms with E-state index in [0.717, 1.165) is 0 Å². The van der Waals surface area contributed by atoms with Crippen LogP contribution in [-0.2, 0) is 21.4 Å². The Morgan fingerprint density at radius 2 is 2.15 bits per heavy atom. The molecule has 1 aromatic rings. The molecular weight excluding hydrogens is 280 g/mol. The van der Waals surface area contributed by atoms with Gasteiger partial charge in [-0.15, -0.1) is 0 Å². The van der Waals surface area contributed by atoms with Crippen molar-refractivity contribution < 1.29 is 19.1 Å². The van der Waals surface area contributed by atoms with Gasteiger partial charge in [-0.1, -0.05) is 6.92 Å². The number of nitrogens with one attached hydrogen (secondary N) is 1. The first kappa shape index (κ1) is 16.3. The van der Waals surface area contributed by atoms with Gasteiger partial charge in [-0.25, -0.2) is 0 Å². The molecule has 1 atom stereocenters. The van der Waals surface area contributed by atoms with Crippen LogP contribution in [0.5, 0.6) is 0 Å². The van der Waals surface area contributed by atoms with Gasteiger partial charge in [-0.05, 0) is 12.1 Å². The fourth-order valence-corrected chi connectivity index (χ4v) is 2.39. The molecule has 0 aliphatic rings. The molecule has 0 saturated carbocycles. The Morgan fingerprint density at radius 1 is 1.45 bits per heavy atom. The highest BCUT2D eigenvalue weighted by molar-refractivity contribution is 7.99. The Bertz CT molecular complexity index is 498. The number of aromatic nitrogens is 1. The smallest absolute Gasteiger partial charge is 0.309 e. The van der Waals surface area contributed by atoms with Gasteiger partial charge < -0.3 is 9.30 Å². The van der Waals surface area contributed by atoms with Crippen molar-refractivity contribution in [3.05, 3.63) is 24.0 Å². The lowest BCUT2D eigenvalue weighted by atomic mass is 10.2. The van der Waals surface area contributed by atoms with Crippen molar-refractivity contribution >= 4 is 29.5 Å². The number of carbonyl (C=O) groups is 3. The van der Waals surface area contributed by atoms with Gasteiger partial charge in [0.1, 0.15) is 5.69 Å². The molecule has 1 aromatic heterocycles. The SMILES string of the molecule is COC(=O)C(C)CSCC(=O)NC(=O)c1cccn1C. The Morgan fingerprint density at radius 3 is 2.70 bits per heavy atom. The Balaban J connectivity index is 2.32. The zero-order chi connectivity index (χ0) is 15.1. The van der Waals surface area contributed by atoms with E-state index in [2.05, 4.69) is 10.1 Å². The van der Waals surface area contributed by atoms with Gasteiger partial charge in [0.05, 0.1) is 18.8 Å². The van der Waals surface area contributed by atoms with Crippen LogP contribution >= 0.6 is 11.8 Å². The molecule has 2 amide bonds. The van der Waals surface area contributed by atoms with Crippen LogP contribution in [0.25, 0.3) is 0 Å². The molecule has 6 nitrogen and oxygen atoms in total. The molecule has 0 spiro atoms. The van der Waals surface area contributed by atoms with E-state index >= 15 is 0 Å². The van der Waals surface area contributed by atoms with E-state index in [1.165, 1.54) is 18.9 Å². The van der Waals surface area contributed by atoms with Gasteiger partial charge in [0.2, 0.25) is 5.91 Å². The summed E-state index contributed by atoms with van der Waals surface area (Å²) in [7, 11) is 3.06. The number of ether oxygens (including phenoxy) is 1. The van der Waals surface area contributed by atoms with Crippen LogP contribution < -0.4 is 5.32 Å². The van der Waals surface area contributed by atoms with Gasteiger partial charge in [0.25, 0.3) is 5.91 Å². The van der Waals surface area contributed by atoms with Crippen LogP contribution in [-0.4, -0.2) is 41.0 Å². The van der Waals surface area contributed by atoms with E-state index < -0.39 is 5.91 Å². The van der Waals surface area contributed by atoms with E-state index in [9.17, 15) is 14.4 Å². The second-order valence-electron chi connectivity index (χ2n) is 4.32. The largest absolute Gasteiger partial charge is 0.469 e. The van der Waals surface area contributed by atoms with E-state index in [1.54, 1.807) is 36.9 Å². The predicted octanol–water partition coefficient (Wildman–Crippen LogP) is 0.824. The van der Waals surface area contributed by atoms with Crippen molar-refractivity contribution in [1.82, 2.24) is 9.88 Å². The maximum absolute atomic E-state index is 11.8. The normalized spacial score (nSPS) is 11.8. The molecule has 1 N–H and O–H groups in total. The fourth-order valence-electron chi connectivity index (χ4n) is 1.52. The molecule has 110 valence electrons.